The lowest BCUT2D eigenvalue weighted by atomic mass is 10.1. The van der Waals surface area contributed by atoms with E-state index in [2.05, 4.69) is 15.3 Å². The van der Waals surface area contributed by atoms with Crippen molar-refractivity contribution < 1.29 is 5.11 Å². The molecule has 102 valence electrons. The summed E-state index contributed by atoms with van der Waals surface area (Å²) in [6.07, 6.45) is 1.70. The highest BCUT2D eigenvalue weighted by Crippen LogP contribution is 2.22. The molecule has 0 unspecified atom stereocenters. The van der Waals surface area contributed by atoms with Gasteiger partial charge in [0.25, 0.3) is 0 Å². The van der Waals surface area contributed by atoms with Crippen molar-refractivity contribution in [3.05, 3.63) is 54.2 Å². The lowest BCUT2D eigenvalue weighted by Gasteiger charge is -2.07. The van der Waals surface area contributed by atoms with Gasteiger partial charge in [-0.3, -0.25) is 0 Å². The number of rotatable bonds is 4. The third-order valence-corrected chi connectivity index (χ3v) is 3.84. The zero-order valence-corrected chi connectivity index (χ0v) is 12.0. The predicted molar refractivity (Wildman–Crippen MR) is 86.4 cm³/mol. The number of aliphatic hydroxyl groups is 1. The van der Waals surface area contributed by atoms with Gasteiger partial charge >= 0.3 is 0 Å². The molecule has 1 aromatic carbocycles. The Morgan fingerprint density at radius 2 is 2.10 bits per heavy atom. The van der Waals surface area contributed by atoms with Gasteiger partial charge in [0.05, 0.1) is 17.2 Å². The van der Waals surface area contributed by atoms with Crippen LogP contribution in [0.2, 0.25) is 0 Å². The van der Waals surface area contributed by atoms with Crippen LogP contribution in [0.25, 0.3) is 10.6 Å². The minimum absolute atomic E-state index is 0.00485. The molecule has 0 amide bonds. The number of hydrogen-bond acceptors (Lipinski definition) is 5. The molecule has 0 aliphatic heterocycles. The molecule has 2 radical (unpaired) electrons. The largest absolute Gasteiger partial charge is 0.392 e. The van der Waals surface area contributed by atoms with E-state index in [9.17, 15) is 0 Å². The van der Waals surface area contributed by atoms with Gasteiger partial charge in [0.2, 0.25) is 5.95 Å². The molecule has 2 aromatic heterocycles. The molecule has 0 aliphatic rings. The first kappa shape index (κ1) is 13.8. The average Bonchev–Trinajstić information content (AvgIpc) is 2.94. The fraction of sp³-hybridized carbons (Fsp3) is 0.0667. The number of nitrogens with one attached hydrogen (secondary N) is 1. The molecule has 0 bridgehead atoms. The summed E-state index contributed by atoms with van der Waals surface area (Å²) in [6, 6.07) is 13.1. The van der Waals surface area contributed by atoms with Crippen LogP contribution in [0.15, 0.2) is 48.7 Å². The van der Waals surface area contributed by atoms with Gasteiger partial charge in [-0.2, -0.15) is 11.3 Å². The van der Waals surface area contributed by atoms with Crippen LogP contribution in [0.4, 0.5) is 11.6 Å². The summed E-state index contributed by atoms with van der Waals surface area (Å²) in [5, 5.41) is 12.3. The molecule has 0 spiro atoms. The van der Waals surface area contributed by atoms with Gasteiger partial charge in [0.1, 0.15) is 7.85 Å². The summed E-state index contributed by atoms with van der Waals surface area (Å²) < 4.78 is 0.758. The molecular formula is C15H12BN3OS. The Labute approximate surface area is 127 Å². The topological polar surface area (TPSA) is 58.0 Å². The summed E-state index contributed by atoms with van der Waals surface area (Å²) in [5.41, 5.74) is 2.50. The minimum Gasteiger partial charge on any atom is -0.392 e. The Morgan fingerprint density at radius 3 is 2.86 bits per heavy atom. The predicted octanol–water partition coefficient (Wildman–Crippen LogP) is 2.23. The molecular weight excluding hydrogens is 281 g/mol. The first-order chi connectivity index (χ1) is 10.2. The third kappa shape index (κ3) is 3.29. The molecule has 0 atom stereocenters. The molecule has 0 saturated heterocycles. The molecule has 21 heavy (non-hydrogen) atoms. The number of anilines is 2. The fourth-order valence-electron chi connectivity index (χ4n) is 1.92. The van der Waals surface area contributed by atoms with Crippen LogP contribution in [0.3, 0.4) is 0 Å². The molecule has 0 saturated carbocycles. The monoisotopic (exact) mass is 293 g/mol. The highest BCUT2D eigenvalue weighted by atomic mass is 32.1. The molecule has 0 aliphatic carbocycles. The molecule has 2 N–H and O–H groups in total. The van der Waals surface area contributed by atoms with Crippen molar-refractivity contribution in [3.63, 3.8) is 0 Å². The summed E-state index contributed by atoms with van der Waals surface area (Å²) in [7, 11) is 5.75. The van der Waals surface area contributed by atoms with Gasteiger partial charge in [0, 0.05) is 11.9 Å². The molecule has 4 nitrogen and oxygen atoms in total. The van der Waals surface area contributed by atoms with Crippen molar-refractivity contribution in [1.82, 2.24) is 9.97 Å². The Hall–Kier alpha value is -2.18. The van der Waals surface area contributed by atoms with E-state index in [0.717, 1.165) is 26.6 Å². The molecule has 3 aromatic rings. The Bertz CT molecular complexity index is 760. The standard InChI is InChI=1S/C15H12BN3OS/c16-14-5-4-13(21-14)12-6-7-17-15(19-12)18-11-3-1-2-10(8-11)9-20/h1-8,20H,9H2,(H,17,18,19). The van der Waals surface area contributed by atoms with Gasteiger partial charge in [0.15, 0.2) is 0 Å². The van der Waals surface area contributed by atoms with Crippen LogP contribution < -0.4 is 10.1 Å². The van der Waals surface area contributed by atoms with Gasteiger partial charge in [-0.15, -0.1) is 0 Å². The maximum atomic E-state index is 9.15. The molecule has 3 rings (SSSR count). The first-order valence-electron chi connectivity index (χ1n) is 6.40. The van der Waals surface area contributed by atoms with E-state index in [1.807, 2.05) is 42.5 Å². The van der Waals surface area contributed by atoms with Crippen LogP contribution in [0.5, 0.6) is 0 Å². The zero-order valence-electron chi connectivity index (χ0n) is 11.2. The lowest BCUT2D eigenvalue weighted by Crippen LogP contribution is -1.98. The number of hydrogen-bond donors (Lipinski definition) is 2. The quantitative estimate of drug-likeness (QED) is 0.724. The van der Waals surface area contributed by atoms with E-state index in [1.165, 1.54) is 11.3 Å². The van der Waals surface area contributed by atoms with Crippen LogP contribution >= 0.6 is 11.3 Å². The van der Waals surface area contributed by atoms with Crippen LogP contribution in [0.1, 0.15) is 5.56 Å². The Balaban J connectivity index is 1.86. The lowest BCUT2D eigenvalue weighted by molar-refractivity contribution is 0.282. The van der Waals surface area contributed by atoms with Crippen molar-refractivity contribution in [3.8, 4) is 10.6 Å². The third-order valence-electron chi connectivity index (χ3n) is 2.90. The van der Waals surface area contributed by atoms with Crippen LogP contribution in [-0.4, -0.2) is 22.9 Å². The highest BCUT2D eigenvalue weighted by molar-refractivity contribution is 7.23. The van der Waals surface area contributed by atoms with Crippen molar-refractivity contribution >= 4 is 35.6 Å². The number of aromatic nitrogens is 2. The number of aliphatic hydroxyl groups excluding tert-OH is 1. The van der Waals surface area contributed by atoms with Gasteiger partial charge in [-0.05, 0) is 34.6 Å². The van der Waals surface area contributed by atoms with Crippen molar-refractivity contribution in [1.29, 1.82) is 0 Å². The van der Waals surface area contributed by atoms with E-state index in [-0.39, 0.29) is 6.61 Å². The van der Waals surface area contributed by atoms with E-state index >= 15 is 0 Å². The SMILES string of the molecule is [B]c1ccc(-c2ccnc(Nc3cccc(CO)c3)n2)s1. The van der Waals surface area contributed by atoms with Gasteiger partial charge in [-0.25, -0.2) is 9.97 Å². The van der Waals surface area contributed by atoms with E-state index in [0.29, 0.717) is 5.95 Å². The number of benzene rings is 1. The second-order valence-corrected chi connectivity index (χ2v) is 5.57. The first-order valence-corrected chi connectivity index (χ1v) is 7.22. The maximum absolute atomic E-state index is 9.15. The summed E-state index contributed by atoms with van der Waals surface area (Å²) >= 11 is 1.49. The van der Waals surface area contributed by atoms with Gasteiger partial charge < -0.3 is 10.4 Å². The maximum Gasteiger partial charge on any atom is 0.227 e. The fourth-order valence-corrected chi connectivity index (χ4v) is 2.67. The minimum atomic E-state index is 0.00485. The summed E-state index contributed by atoms with van der Waals surface area (Å²) in [4.78, 5) is 9.69. The van der Waals surface area contributed by atoms with Crippen LogP contribution in [-0.2, 0) is 6.61 Å². The molecule has 6 heteroatoms. The number of nitrogens with zero attached hydrogens (tertiary/aromatic N) is 2. The zero-order chi connectivity index (χ0) is 14.7. The highest BCUT2D eigenvalue weighted by Gasteiger charge is 2.05. The van der Waals surface area contributed by atoms with Crippen molar-refractivity contribution in [2.24, 2.45) is 0 Å². The molecule has 2 heterocycles. The molecule has 0 fully saturated rings. The summed E-state index contributed by atoms with van der Waals surface area (Å²) in [5.74, 6) is 0.509. The average molecular weight is 293 g/mol. The van der Waals surface area contributed by atoms with E-state index in [1.54, 1.807) is 6.20 Å². The smallest absolute Gasteiger partial charge is 0.227 e. The van der Waals surface area contributed by atoms with E-state index in [4.69, 9.17) is 13.0 Å². The Kier molecular flexibility index (Phi) is 3.99. The van der Waals surface area contributed by atoms with E-state index < -0.39 is 0 Å². The summed E-state index contributed by atoms with van der Waals surface area (Å²) in [6.45, 7) is 0.00485. The van der Waals surface area contributed by atoms with Crippen LogP contribution in [0, 0.1) is 0 Å². The van der Waals surface area contributed by atoms with Crippen molar-refractivity contribution in [2.45, 2.75) is 6.61 Å². The second-order valence-electron chi connectivity index (χ2n) is 4.45. The Morgan fingerprint density at radius 1 is 1.19 bits per heavy atom. The second kappa shape index (κ2) is 6.07. The number of thiophene rings is 1. The normalized spacial score (nSPS) is 10.5. The van der Waals surface area contributed by atoms with Crippen molar-refractivity contribution in [2.75, 3.05) is 5.32 Å². The van der Waals surface area contributed by atoms with Gasteiger partial charge in [-0.1, -0.05) is 18.2 Å².